The highest BCUT2D eigenvalue weighted by Crippen LogP contribution is 2.20. The Labute approximate surface area is 142 Å². The lowest BCUT2D eigenvalue weighted by atomic mass is 10.0. The number of rotatable bonds is 6. The molecule has 1 aliphatic heterocycles. The van der Waals surface area contributed by atoms with Gasteiger partial charge in [0.05, 0.1) is 24.0 Å². The van der Waals surface area contributed by atoms with E-state index in [9.17, 15) is 4.79 Å². The van der Waals surface area contributed by atoms with Gasteiger partial charge in [0.2, 0.25) is 5.91 Å². The van der Waals surface area contributed by atoms with Crippen LogP contribution in [0.2, 0.25) is 0 Å². The number of amides is 1. The molecule has 0 fully saturated rings. The Bertz CT molecular complexity index is 678. The fourth-order valence-corrected chi connectivity index (χ4v) is 3.07. The summed E-state index contributed by atoms with van der Waals surface area (Å²) in [7, 11) is 1.95. The molecule has 0 aliphatic carbocycles. The zero-order valence-electron chi connectivity index (χ0n) is 14.6. The van der Waals surface area contributed by atoms with Crippen LogP contribution in [0.15, 0.2) is 18.5 Å². The van der Waals surface area contributed by atoms with Crippen molar-refractivity contribution in [2.45, 2.75) is 45.8 Å². The van der Waals surface area contributed by atoms with Crippen LogP contribution in [-0.2, 0) is 31.4 Å². The van der Waals surface area contributed by atoms with Crippen molar-refractivity contribution < 1.29 is 4.79 Å². The molecule has 2 aromatic heterocycles. The first kappa shape index (κ1) is 16.7. The van der Waals surface area contributed by atoms with E-state index in [4.69, 9.17) is 0 Å². The van der Waals surface area contributed by atoms with Crippen LogP contribution < -0.4 is 10.6 Å². The fraction of sp³-hybridized carbons (Fsp3) is 0.588. The second kappa shape index (κ2) is 7.17. The molecule has 0 saturated heterocycles. The number of aryl methyl sites for hydroxylation is 2. The lowest BCUT2D eigenvalue weighted by Gasteiger charge is -2.22. The minimum absolute atomic E-state index is 0.0424. The van der Waals surface area contributed by atoms with Crippen LogP contribution >= 0.6 is 0 Å². The van der Waals surface area contributed by atoms with Gasteiger partial charge >= 0.3 is 0 Å². The van der Waals surface area contributed by atoms with E-state index in [1.807, 2.05) is 22.5 Å². The minimum atomic E-state index is -0.0723. The molecule has 130 valence electrons. The lowest BCUT2D eigenvalue weighted by molar-refractivity contribution is -0.122. The summed E-state index contributed by atoms with van der Waals surface area (Å²) >= 11 is 0. The van der Waals surface area contributed by atoms with Crippen molar-refractivity contribution in [3.8, 4) is 0 Å². The number of aromatic nitrogens is 4. The van der Waals surface area contributed by atoms with Crippen LogP contribution in [-0.4, -0.2) is 31.8 Å². The topological polar surface area (TPSA) is 76.8 Å². The van der Waals surface area contributed by atoms with Crippen LogP contribution in [0, 0.1) is 5.92 Å². The molecule has 1 aliphatic rings. The van der Waals surface area contributed by atoms with Crippen molar-refractivity contribution in [1.82, 2.24) is 30.0 Å². The molecule has 0 spiro atoms. The number of fused-ring (bicyclic) bond motifs is 1. The zero-order chi connectivity index (χ0) is 17.1. The smallest absolute Gasteiger partial charge is 0.220 e. The molecule has 7 nitrogen and oxygen atoms in total. The summed E-state index contributed by atoms with van der Waals surface area (Å²) in [6.07, 6.45) is 4.77. The summed E-state index contributed by atoms with van der Waals surface area (Å²) in [5.41, 5.74) is 2.19. The van der Waals surface area contributed by atoms with Crippen molar-refractivity contribution in [2.24, 2.45) is 13.0 Å². The van der Waals surface area contributed by atoms with Crippen LogP contribution in [0.5, 0.6) is 0 Å². The van der Waals surface area contributed by atoms with E-state index >= 15 is 0 Å². The number of nitrogens with zero attached hydrogens (tertiary/aromatic N) is 4. The number of hydrogen-bond donors (Lipinski definition) is 2. The lowest BCUT2D eigenvalue weighted by Crippen LogP contribution is -2.33. The Balaban J connectivity index is 1.58. The third-order valence-corrected chi connectivity index (χ3v) is 4.45. The molecule has 1 amide bonds. The predicted molar refractivity (Wildman–Crippen MR) is 91.2 cm³/mol. The molecular formula is C17H26N6O. The average molecular weight is 330 g/mol. The Kier molecular flexibility index (Phi) is 4.99. The van der Waals surface area contributed by atoms with E-state index in [0.717, 1.165) is 31.2 Å². The van der Waals surface area contributed by atoms with Gasteiger partial charge in [0.25, 0.3) is 0 Å². The number of carbonyl (C=O) groups excluding carboxylic acids is 1. The number of nitrogens with one attached hydrogen (secondary N) is 2. The number of carbonyl (C=O) groups is 1. The summed E-state index contributed by atoms with van der Waals surface area (Å²) in [6.45, 7) is 6.89. The highest BCUT2D eigenvalue weighted by Gasteiger charge is 2.22. The van der Waals surface area contributed by atoms with E-state index in [2.05, 4.69) is 40.6 Å². The molecular weight excluding hydrogens is 304 g/mol. The molecule has 1 unspecified atom stereocenters. The second-order valence-corrected chi connectivity index (χ2v) is 6.71. The number of imidazole rings is 1. The maximum atomic E-state index is 12.4. The van der Waals surface area contributed by atoms with Gasteiger partial charge in [-0.15, -0.1) is 0 Å². The monoisotopic (exact) mass is 330 g/mol. The van der Waals surface area contributed by atoms with Crippen LogP contribution in [0.25, 0.3) is 0 Å². The maximum Gasteiger partial charge on any atom is 0.220 e. The van der Waals surface area contributed by atoms with Gasteiger partial charge in [-0.05, 0) is 12.0 Å². The first-order valence-corrected chi connectivity index (χ1v) is 8.57. The Hall–Kier alpha value is -2.15. The molecule has 24 heavy (non-hydrogen) atoms. The molecule has 3 heterocycles. The van der Waals surface area contributed by atoms with Crippen LogP contribution in [0.3, 0.4) is 0 Å². The van der Waals surface area contributed by atoms with Gasteiger partial charge < -0.3 is 15.2 Å². The van der Waals surface area contributed by atoms with Gasteiger partial charge in [-0.25, -0.2) is 4.98 Å². The molecule has 3 rings (SSSR count). The number of hydrogen-bond acceptors (Lipinski definition) is 4. The highest BCUT2D eigenvalue weighted by atomic mass is 16.1. The highest BCUT2D eigenvalue weighted by molar-refractivity contribution is 5.76. The molecule has 2 aromatic rings. The van der Waals surface area contributed by atoms with Gasteiger partial charge in [0.15, 0.2) is 0 Å². The summed E-state index contributed by atoms with van der Waals surface area (Å²) in [5.74, 6) is 1.21. The Morgan fingerprint density at radius 1 is 1.46 bits per heavy atom. The molecule has 0 bridgehead atoms. The van der Waals surface area contributed by atoms with Crippen molar-refractivity contribution in [1.29, 1.82) is 0 Å². The van der Waals surface area contributed by atoms with Gasteiger partial charge in [-0.3, -0.25) is 9.48 Å². The first-order chi connectivity index (χ1) is 11.5. The Morgan fingerprint density at radius 3 is 2.96 bits per heavy atom. The predicted octanol–water partition coefficient (Wildman–Crippen LogP) is 1.17. The molecule has 2 N–H and O–H groups in total. The van der Waals surface area contributed by atoms with E-state index < -0.39 is 0 Å². The average Bonchev–Trinajstić information content (AvgIpc) is 3.16. The quantitative estimate of drug-likeness (QED) is 0.833. The molecule has 7 heteroatoms. The maximum absolute atomic E-state index is 12.4. The summed E-state index contributed by atoms with van der Waals surface area (Å²) in [4.78, 5) is 16.8. The summed E-state index contributed by atoms with van der Waals surface area (Å²) < 4.78 is 4.00. The third kappa shape index (κ3) is 3.67. The first-order valence-electron chi connectivity index (χ1n) is 8.57. The van der Waals surface area contributed by atoms with Crippen molar-refractivity contribution in [3.63, 3.8) is 0 Å². The standard InChI is InChI=1S/C17H26N6O/c1-12(2)16(17-19-7-8-22(17)3)20-15(24)5-4-13-10-14-11-18-6-9-23(14)21-13/h7-8,10,12,16,18H,4-6,9,11H2,1-3H3,(H,20,24). The molecule has 1 atom stereocenters. The van der Waals surface area contributed by atoms with Crippen molar-refractivity contribution in [2.75, 3.05) is 6.54 Å². The van der Waals surface area contributed by atoms with Crippen molar-refractivity contribution >= 4 is 5.91 Å². The van der Waals surface area contributed by atoms with Gasteiger partial charge in [0.1, 0.15) is 5.82 Å². The zero-order valence-corrected chi connectivity index (χ0v) is 14.6. The minimum Gasteiger partial charge on any atom is -0.346 e. The second-order valence-electron chi connectivity index (χ2n) is 6.71. The molecule has 0 radical (unpaired) electrons. The van der Waals surface area contributed by atoms with Crippen molar-refractivity contribution in [3.05, 3.63) is 35.7 Å². The Morgan fingerprint density at radius 2 is 2.29 bits per heavy atom. The molecule has 0 saturated carbocycles. The van der Waals surface area contributed by atoms with E-state index in [1.165, 1.54) is 5.69 Å². The van der Waals surface area contributed by atoms with E-state index in [-0.39, 0.29) is 17.9 Å². The molecule has 0 aromatic carbocycles. The van der Waals surface area contributed by atoms with Gasteiger partial charge in [-0.1, -0.05) is 13.8 Å². The normalized spacial score (nSPS) is 15.3. The largest absolute Gasteiger partial charge is 0.346 e. The summed E-state index contributed by atoms with van der Waals surface area (Å²) in [5, 5.41) is 11.0. The van der Waals surface area contributed by atoms with Crippen LogP contribution in [0.1, 0.15) is 43.5 Å². The third-order valence-electron chi connectivity index (χ3n) is 4.45. The van der Waals surface area contributed by atoms with Crippen LogP contribution in [0.4, 0.5) is 0 Å². The fourth-order valence-electron chi connectivity index (χ4n) is 3.07. The van der Waals surface area contributed by atoms with E-state index in [0.29, 0.717) is 12.8 Å². The van der Waals surface area contributed by atoms with Gasteiger partial charge in [0, 0.05) is 45.4 Å². The van der Waals surface area contributed by atoms with Gasteiger partial charge in [-0.2, -0.15) is 5.10 Å². The summed E-state index contributed by atoms with van der Waals surface area (Å²) in [6, 6.07) is 2.02. The SMILES string of the molecule is CC(C)C(NC(=O)CCc1cc2n(n1)CCNC2)c1nccn1C. The van der Waals surface area contributed by atoms with E-state index in [1.54, 1.807) is 6.20 Å².